The molecule has 1 saturated heterocycles. The van der Waals surface area contributed by atoms with Crippen molar-refractivity contribution in [2.75, 3.05) is 23.7 Å². The van der Waals surface area contributed by atoms with Crippen LogP contribution in [0.3, 0.4) is 0 Å². The standard InChI is InChI=1S/C15H21NOS/c1-2-18-12-13-5-7-15(8-6-13)16-9-3-4-14(10-16)11-17/h5-8,11,14H,2-4,9-10,12H2,1H3. The molecule has 0 bridgehead atoms. The van der Waals surface area contributed by atoms with Gasteiger partial charge in [-0.1, -0.05) is 19.1 Å². The molecule has 2 rings (SSSR count). The van der Waals surface area contributed by atoms with Crippen molar-refractivity contribution in [2.45, 2.75) is 25.5 Å². The first-order valence-corrected chi connectivity index (χ1v) is 7.86. The average Bonchev–Trinajstić information content (AvgIpc) is 2.46. The Morgan fingerprint density at radius 3 is 2.83 bits per heavy atom. The number of hydrogen-bond acceptors (Lipinski definition) is 3. The van der Waals surface area contributed by atoms with Gasteiger partial charge in [0.05, 0.1) is 0 Å². The highest BCUT2D eigenvalue weighted by atomic mass is 32.2. The third kappa shape index (κ3) is 3.52. The fourth-order valence-electron chi connectivity index (χ4n) is 2.38. The van der Waals surface area contributed by atoms with Crippen LogP contribution in [0, 0.1) is 5.92 Å². The summed E-state index contributed by atoms with van der Waals surface area (Å²) >= 11 is 1.95. The molecule has 0 spiro atoms. The summed E-state index contributed by atoms with van der Waals surface area (Å²) in [5, 5.41) is 0. The summed E-state index contributed by atoms with van der Waals surface area (Å²) in [4.78, 5) is 13.2. The second-order valence-corrected chi connectivity index (χ2v) is 6.06. The van der Waals surface area contributed by atoms with Gasteiger partial charge in [-0.15, -0.1) is 0 Å². The van der Waals surface area contributed by atoms with Crippen LogP contribution < -0.4 is 4.90 Å². The molecule has 0 saturated carbocycles. The van der Waals surface area contributed by atoms with Gasteiger partial charge in [0.2, 0.25) is 0 Å². The Morgan fingerprint density at radius 1 is 1.39 bits per heavy atom. The van der Waals surface area contributed by atoms with Gasteiger partial charge >= 0.3 is 0 Å². The Balaban J connectivity index is 1.98. The van der Waals surface area contributed by atoms with E-state index in [1.54, 1.807) is 0 Å². The number of nitrogens with zero attached hydrogens (tertiary/aromatic N) is 1. The molecule has 0 amide bonds. The summed E-state index contributed by atoms with van der Waals surface area (Å²) in [6, 6.07) is 8.81. The number of anilines is 1. The van der Waals surface area contributed by atoms with Crippen LogP contribution in [0.25, 0.3) is 0 Å². The molecule has 1 fully saturated rings. The van der Waals surface area contributed by atoms with Crippen LogP contribution in [0.5, 0.6) is 0 Å². The number of carbonyl (C=O) groups is 1. The Labute approximate surface area is 114 Å². The highest BCUT2D eigenvalue weighted by Gasteiger charge is 2.19. The lowest BCUT2D eigenvalue weighted by atomic mass is 9.99. The number of hydrogen-bond donors (Lipinski definition) is 0. The molecule has 1 atom stereocenters. The summed E-state index contributed by atoms with van der Waals surface area (Å²) < 4.78 is 0. The van der Waals surface area contributed by atoms with E-state index in [1.807, 2.05) is 11.8 Å². The van der Waals surface area contributed by atoms with Crippen LogP contribution in [0.15, 0.2) is 24.3 Å². The van der Waals surface area contributed by atoms with E-state index in [4.69, 9.17) is 0 Å². The molecule has 3 heteroatoms. The first-order valence-electron chi connectivity index (χ1n) is 6.70. The molecule has 1 aliphatic heterocycles. The minimum absolute atomic E-state index is 0.217. The second-order valence-electron chi connectivity index (χ2n) is 4.79. The number of benzene rings is 1. The lowest BCUT2D eigenvalue weighted by Gasteiger charge is -2.32. The van der Waals surface area contributed by atoms with Crippen LogP contribution in [-0.2, 0) is 10.5 Å². The molecule has 2 nitrogen and oxygen atoms in total. The molecule has 1 aromatic rings. The van der Waals surface area contributed by atoms with E-state index in [0.717, 1.165) is 43.7 Å². The van der Waals surface area contributed by atoms with E-state index in [9.17, 15) is 4.79 Å². The zero-order valence-electron chi connectivity index (χ0n) is 11.0. The Kier molecular flexibility index (Phi) is 5.12. The molecule has 0 aromatic heterocycles. The van der Waals surface area contributed by atoms with Gasteiger partial charge in [-0.2, -0.15) is 11.8 Å². The zero-order valence-corrected chi connectivity index (χ0v) is 11.8. The van der Waals surface area contributed by atoms with Crippen LogP contribution in [0.4, 0.5) is 5.69 Å². The Morgan fingerprint density at radius 2 is 2.17 bits per heavy atom. The first-order chi connectivity index (χ1) is 8.83. The summed E-state index contributed by atoms with van der Waals surface area (Å²) in [5.74, 6) is 2.47. The van der Waals surface area contributed by atoms with Crippen molar-refractivity contribution >= 4 is 23.7 Å². The predicted octanol–water partition coefficient (Wildman–Crippen LogP) is 3.36. The third-order valence-corrected chi connectivity index (χ3v) is 4.37. The van der Waals surface area contributed by atoms with Crippen molar-refractivity contribution in [3.05, 3.63) is 29.8 Å². The maximum atomic E-state index is 10.9. The number of thioether (sulfide) groups is 1. The van der Waals surface area contributed by atoms with Crippen molar-refractivity contribution < 1.29 is 4.79 Å². The van der Waals surface area contributed by atoms with E-state index >= 15 is 0 Å². The van der Waals surface area contributed by atoms with E-state index in [-0.39, 0.29) is 5.92 Å². The predicted molar refractivity (Wildman–Crippen MR) is 79.3 cm³/mol. The molecular weight excluding hydrogens is 242 g/mol. The number of rotatable bonds is 5. The maximum Gasteiger partial charge on any atom is 0.124 e. The van der Waals surface area contributed by atoms with Crippen molar-refractivity contribution in [1.82, 2.24) is 0 Å². The number of aldehydes is 1. The quantitative estimate of drug-likeness (QED) is 0.760. The van der Waals surface area contributed by atoms with Gasteiger partial charge < -0.3 is 9.69 Å². The van der Waals surface area contributed by atoms with E-state index < -0.39 is 0 Å². The van der Waals surface area contributed by atoms with Crippen molar-refractivity contribution in [3.63, 3.8) is 0 Å². The Hall–Kier alpha value is -0.960. The van der Waals surface area contributed by atoms with Crippen LogP contribution in [0.2, 0.25) is 0 Å². The molecule has 1 unspecified atom stereocenters. The molecule has 0 N–H and O–H groups in total. The van der Waals surface area contributed by atoms with Crippen LogP contribution in [0.1, 0.15) is 25.3 Å². The lowest BCUT2D eigenvalue weighted by Crippen LogP contribution is -2.35. The van der Waals surface area contributed by atoms with Gasteiger partial charge in [-0.25, -0.2) is 0 Å². The highest BCUT2D eigenvalue weighted by Crippen LogP contribution is 2.23. The normalized spacial score (nSPS) is 19.8. The van der Waals surface area contributed by atoms with Gasteiger partial charge in [-0.3, -0.25) is 0 Å². The number of piperidine rings is 1. The smallest absolute Gasteiger partial charge is 0.124 e. The van der Waals surface area contributed by atoms with E-state index in [2.05, 4.69) is 36.1 Å². The van der Waals surface area contributed by atoms with E-state index in [1.165, 1.54) is 11.3 Å². The zero-order chi connectivity index (χ0) is 12.8. The van der Waals surface area contributed by atoms with Gasteiger partial charge in [-0.05, 0) is 36.3 Å². The SMILES string of the molecule is CCSCc1ccc(N2CCCC(C=O)C2)cc1. The molecule has 0 aliphatic carbocycles. The van der Waals surface area contributed by atoms with E-state index in [0.29, 0.717) is 0 Å². The fraction of sp³-hybridized carbons (Fsp3) is 0.533. The lowest BCUT2D eigenvalue weighted by molar-refractivity contribution is -0.111. The molecule has 18 heavy (non-hydrogen) atoms. The minimum Gasteiger partial charge on any atom is -0.371 e. The van der Waals surface area contributed by atoms with Gasteiger partial charge in [0.1, 0.15) is 6.29 Å². The van der Waals surface area contributed by atoms with Gasteiger partial charge in [0.25, 0.3) is 0 Å². The largest absolute Gasteiger partial charge is 0.371 e. The molecule has 0 radical (unpaired) electrons. The summed E-state index contributed by atoms with van der Waals surface area (Å²) in [6.07, 6.45) is 3.28. The number of carbonyl (C=O) groups excluding carboxylic acids is 1. The summed E-state index contributed by atoms with van der Waals surface area (Å²) in [5.41, 5.74) is 2.64. The first kappa shape index (κ1) is 13.5. The van der Waals surface area contributed by atoms with Crippen LogP contribution >= 0.6 is 11.8 Å². The van der Waals surface area contributed by atoms with Gasteiger partial charge in [0.15, 0.2) is 0 Å². The Bertz CT molecular complexity index is 377. The molecule has 1 aromatic carbocycles. The minimum atomic E-state index is 0.217. The molecular formula is C15H21NOS. The van der Waals surface area contributed by atoms with Crippen molar-refractivity contribution in [3.8, 4) is 0 Å². The van der Waals surface area contributed by atoms with Crippen molar-refractivity contribution in [1.29, 1.82) is 0 Å². The third-order valence-electron chi connectivity index (χ3n) is 3.42. The maximum absolute atomic E-state index is 10.9. The van der Waals surface area contributed by atoms with Gasteiger partial charge in [0, 0.05) is 30.4 Å². The average molecular weight is 263 g/mol. The molecule has 98 valence electrons. The van der Waals surface area contributed by atoms with Crippen LogP contribution in [-0.4, -0.2) is 25.1 Å². The molecule has 1 heterocycles. The highest BCUT2D eigenvalue weighted by molar-refractivity contribution is 7.98. The fourth-order valence-corrected chi connectivity index (χ4v) is 3.01. The second kappa shape index (κ2) is 6.83. The monoisotopic (exact) mass is 263 g/mol. The summed E-state index contributed by atoms with van der Waals surface area (Å²) in [6.45, 7) is 4.15. The summed E-state index contributed by atoms with van der Waals surface area (Å²) in [7, 11) is 0. The van der Waals surface area contributed by atoms with Crippen molar-refractivity contribution in [2.24, 2.45) is 5.92 Å². The topological polar surface area (TPSA) is 20.3 Å². The molecule has 1 aliphatic rings.